The molecule has 2 rings (SSSR count). The maximum Gasteiger partial charge on any atom is 0.251 e. The zero-order valence-electron chi connectivity index (χ0n) is 13.4. The van der Waals surface area contributed by atoms with Crippen LogP contribution in [0.3, 0.4) is 0 Å². The monoisotopic (exact) mass is 339 g/mol. The molecule has 1 unspecified atom stereocenters. The van der Waals surface area contributed by atoms with Crippen LogP contribution in [0.5, 0.6) is 0 Å². The molecule has 126 valence electrons. The molecule has 1 heterocycles. The number of nitrogens with zero attached hydrogens (tertiary/aromatic N) is 1. The van der Waals surface area contributed by atoms with Gasteiger partial charge in [-0.1, -0.05) is 6.07 Å². The van der Waals surface area contributed by atoms with Gasteiger partial charge in [-0.05, 0) is 31.0 Å². The highest BCUT2D eigenvalue weighted by Gasteiger charge is 2.23. The van der Waals surface area contributed by atoms with E-state index in [0.717, 1.165) is 4.31 Å². The molecule has 1 aliphatic rings. The normalized spacial score (nSPS) is 18.1. The Morgan fingerprint density at radius 2 is 2.09 bits per heavy atom. The molecule has 0 bridgehead atoms. The van der Waals surface area contributed by atoms with Crippen LogP contribution in [0, 0.1) is 6.92 Å². The van der Waals surface area contributed by atoms with E-state index in [1.54, 1.807) is 19.1 Å². The number of nitrogens with one attached hydrogen (secondary N) is 2. The van der Waals surface area contributed by atoms with Gasteiger partial charge in [-0.3, -0.25) is 9.59 Å². The lowest BCUT2D eigenvalue weighted by molar-refractivity contribution is -0.119. The van der Waals surface area contributed by atoms with Crippen molar-refractivity contribution in [1.29, 1.82) is 0 Å². The average Bonchev–Trinajstić information content (AvgIpc) is 2.90. The molecule has 1 fully saturated rings. The van der Waals surface area contributed by atoms with Gasteiger partial charge in [0.15, 0.2) is 0 Å². The standard InChI is InChI=1S/C15H21N3O4S/c1-10-4-5-11(8-13(10)23(21,22)18(2)3)15(20)16-9-12-6-7-14(19)17-12/h4-5,8,12H,6-7,9H2,1-3H3,(H,16,20)(H,17,19). The molecule has 0 aliphatic carbocycles. The third-order valence-corrected chi connectivity index (χ3v) is 5.76. The summed E-state index contributed by atoms with van der Waals surface area (Å²) in [5, 5.41) is 5.49. The van der Waals surface area contributed by atoms with Gasteiger partial charge in [0, 0.05) is 38.7 Å². The summed E-state index contributed by atoms with van der Waals surface area (Å²) >= 11 is 0. The molecule has 0 saturated carbocycles. The van der Waals surface area contributed by atoms with E-state index in [0.29, 0.717) is 24.9 Å². The van der Waals surface area contributed by atoms with E-state index in [9.17, 15) is 18.0 Å². The van der Waals surface area contributed by atoms with Gasteiger partial charge in [0.1, 0.15) is 0 Å². The molecule has 0 radical (unpaired) electrons. The summed E-state index contributed by atoms with van der Waals surface area (Å²) in [7, 11) is -0.708. The molecule has 23 heavy (non-hydrogen) atoms. The fourth-order valence-corrected chi connectivity index (χ4v) is 3.51. The predicted molar refractivity (Wildman–Crippen MR) is 85.5 cm³/mol. The van der Waals surface area contributed by atoms with Gasteiger partial charge in [-0.25, -0.2) is 12.7 Å². The first-order valence-electron chi connectivity index (χ1n) is 7.32. The van der Waals surface area contributed by atoms with Crippen LogP contribution in [0.1, 0.15) is 28.8 Å². The Balaban J connectivity index is 2.14. The zero-order chi connectivity index (χ0) is 17.2. The maximum absolute atomic E-state index is 12.3. The maximum atomic E-state index is 12.3. The third-order valence-electron chi connectivity index (χ3n) is 3.80. The number of carbonyl (C=O) groups excluding carboxylic acids is 2. The molecule has 1 saturated heterocycles. The number of aryl methyl sites for hydroxylation is 1. The largest absolute Gasteiger partial charge is 0.352 e. The van der Waals surface area contributed by atoms with Crippen molar-refractivity contribution in [3.8, 4) is 0 Å². The molecule has 7 nitrogen and oxygen atoms in total. The molecule has 0 aromatic heterocycles. The molecule has 1 aliphatic heterocycles. The van der Waals surface area contributed by atoms with Gasteiger partial charge in [0.2, 0.25) is 15.9 Å². The van der Waals surface area contributed by atoms with Crippen LogP contribution < -0.4 is 10.6 Å². The second-order valence-electron chi connectivity index (χ2n) is 5.78. The molecule has 1 aromatic carbocycles. The molecule has 2 amide bonds. The van der Waals surface area contributed by atoms with Crippen LogP contribution in [0.25, 0.3) is 0 Å². The number of hydrogen-bond donors (Lipinski definition) is 2. The van der Waals surface area contributed by atoms with Crippen LogP contribution in [0.2, 0.25) is 0 Å². The molecular formula is C15H21N3O4S. The van der Waals surface area contributed by atoms with E-state index >= 15 is 0 Å². The van der Waals surface area contributed by atoms with Gasteiger partial charge in [0.25, 0.3) is 5.91 Å². The van der Waals surface area contributed by atoms with Crippen LogP contribution in [-0.2, 0) is 14.8 Å². The Kier molecular flexibility index (Phi) is 5.06. The van der Waals surface area contributed by atoms with Gasteiger partial charge in [-0.2, -0.15) is 0 Å². The lowest BCUT2D eigenvalue weighted by Crippen LogP contribution is -2.38. The van der Waals surface area contributed by atoms with Crippen LogP contribution >= 0.6 is 0 Å². The summed E-state index contributed by atoms with van der Waals surface area (Å²) in [6.45, 7) is 2.01. The van der Waals surface area contributed by atoms with Crippen molar-refractivity contribution in [1.82, 2.24) is 14.9 Å². The van der Waals surface area contributed by atoms with E-state index in [1.165, 1.54) is 20.2 Å². The van der Waals surface area contributed by atoms with Crippen LogP contribution in [-0.4, -0.2) is 51.2 Å². The summed E-state index contributed by atoms with van der Waals surface area (Å²) in [6.07, 6.45) is 1.16. The Hall–Kier alpha value is -1.93. The number of sulfonamides is 1. The van der Waals surface area contributed by atoms with E-state index < -0.39 is 10.0 Å². The first-order chi connectivity index (χ1) is 10.7. The SMILES string of the molecule is Cc1ccc(C(=O)NCC2CCC(=O)N2)cc1S(=O)(=O)N(C)C. The molecule has 1 atom stereocenters. The fourth-order valence-electron chi connectivity index (χ4n) is 2.36. The Labute approximate surface area is 136 Å². The lowest BCUT2D eigenvalue weighted by atomic mass is 10.1. The van der Waals surface area contributed by atoms with Crippen LogP contribution in [0.15, 0.2) is 23.1 Å². The van der Waals surface area contributed by atoms with Crippen LogP contribution in [0.4, 0.5) is 0 Å². The molecule has 0 spiro atoms. The molecular weight excluding hydrogens is 318 g/mol. The minimum absolute atomic E-state index is 0.0149. The second kappa shape index (κ2) is 6.67. The van der Waals surface area contributed by atoms with E-state index in [1.807, 2.05) is 0 Å². The summed E-state index contributed by atoms with van der Waals surface area (Å²) in [5.74, 6) is -0.375. The Morgan fingerprint density at radius 1 is 1.39 bits per heavy atom. The average molecular weight is 339 g/mol. The van der Waals surface area contributed by atoms with E-state index in [2.05, 4.69) is 10.6 Å². The third kappa shape index (κ3) is 3.89. The first-order valence-corrected chi connectivity index (χ1v) is 8.76. The molecule has 2 N–H and O–H groups in total. The minimum atomic E-state index is -3.61. The molecule has 8 heteroatoms. The summed E-state index contributed by atoms with van der Waals surface area (Å²) in [4.78, 5) is 23.5. The van der Waals surface area contributed by atoms with Gasteiger partial charge < -0.3 is 10.6 Å². The van der Waals surface area contributed by atoms with Crippen molar-refractivity contribution in [3.05, 3.63) is 29.3 Å². The second-order valence-corrected chi connectivity index (χ2v) is 7.90. The Morgan fingerprint density at radius 3 is 2.65 bits per heavy atom. The van der Waals surface area contributed by atoms with Crippen molar-refractivity contribution in [2.75, 3.05) is 20.6 Å². The summed E-state index contributed by atoms with van der Waals surface area (Å²) in [5.41, 5.74) is 0.860. The first kappa shape index (κ1) is 17.4. The highest BCUT2D eigenvalue weighted by atomic mass is 32.2. The van der Waals surface area contributed by atoms with Gasteiger partial charge in [-0.15, -0.1) is 0 Å². The van der Waals surface area contributed by atoms with Crippen molar-refractivity contribution in [3.63, 3.8) is 0 Å². The summed E-state index contributed by atoms with van der Waals surface area (Å²) in [6, 6.07) is 4.52. The summed E-state index contributed by atoms with van der Waals surface area (Å²) < 4.78 is 25.7. The highest BCUT2D eigenvalue weighted by molar-refractivity contribution is 7.89. The Bertz CT molecular complexity index is 728. The number of benzene rings is 1. The number of rotatable bonds is 5. The molecule has 1 aromatic rings. The van der Waals surface area contributed by atoms with Crippen molar-refractivity contribution in [2.45, 2.75) is 30.7 Å². The van der Waals surface area contributed by atoms with Crippen molar-refractivity contribution >= 4 is 21.8 Å². The highest BCUT2D eigenvalue weighted by Crippen LogP contribution is 2.20. The lowest BCUT2D eigenvalue weighted by Gasteiger charge is -2.15. The number of hydrogen-bond acceptors (Lipinski definition) is 4. The van der Waals surface area contributed by atoms with E-state index in [4.69, 9.17) is 0 Å². The topological polar surface area (TPSA) is 95.6 Å². The van der Waals surface area contributed by atoms with E-state index in [-0.39, 0.29) is 28.3 Å². The van der Waals surface area contributed by atoms with Gasteiger partial charge >= 0.3 is 0 Å². The number of carbonyl (C=O) groups is 2. The van der Waals surface area contributed by atoms with Gasteiger partial charge in [0.05, 0.1) is 4.90 Å². The van der Waals surface area contributed by atoms with Crippen molar-refractivity contribution < 1.29 is 18.0 Å². The predicted octanol–water partition coefficient (Wildman–Crippen LogP) is 0.254. The fraction of sp³-hybridized carbons (Fsp3) is 0.467. The smallest absolute Gasteiger partial charge is 0.251 e. The number of amides is 2. The minimum Gasteiger partial charge on any atom is -0.352 e. The van der Waals surface area contributed by atoms with Crippen molar-refractivity contribution in [2.24, 2.45) is 0 Å². The quantitative estimate of drug-likeness (QED) is 0.804. The zero-order valence-corrected chi connectivity index (χ0v) is 14.2.